The van der Waals surface area contributed by atoms with Gasteiger partial charge in [0.05, 0.1) is 0 Å². The molecule has 94 valence electrons. The number of hydrogen-bond acceptors (Lipinski definition) is 3. The van der Waals surface area contributed by atoms with E-state index in [2.05, 4.69) is 24.1 Å². The molecule has 0 aromatic rings. The van der Waals surface area contributed by atoms with Crippen LogP contribution in [-0.4, -0.2) is 43.0 Å². The van der Waals surface area contributed by atoms with Crippen LogP contribution >= 0.6 is 0 Å². The Hall–Kier alpha value is -0.610. The van der Waals surface area contributed by atoms with Crippen LogP contribution in [0.5, 0.6) is 0 Å². The molecular formula is C12H25N3O. The van der Waals surface area contributed by atoms with E-state index < -0.39 is 0 Å². The zero-order valence-electron chi connectivity index (χ0n) is 10.5. The average Bonchev–Trinajstić information content (AvgIpc) is 2.28. The lowest BCUT2D eigenvalue weighted by Crippen LogP contribution is -2.49. The highest BCUT2D eigenvalue weighted by molar-refractivity contribution is 5.73. The second kappa shape index (κ2) is 6.86. The molecule has 0 spiro atoms. The molecule has 0 aromatic heterocycles. The number of carbonyl (C=O) groups excluding carboxylic acids is 1. The van der Waals surface area contributed by atoms with E-state index in [4.69, 9.17) is 5.73 Å². The summed E-state index contributed by atoms with van der Waals surface area (Å²) in [5, 5.41) is 3.55. The number of carbonyl (C=O) groups is 1. The third kappa shape index (κ3) is 4.10. The molecule has 3 N–H and O–H groups in total. The summed E-state index contributed by atoms with van der Waals surface area (Å²) in [4.78, 5) is 13.1. The molecule has 1 rings (SSSR count). The molecular weight excluding hydrogens is 202 g/mol. The number of primary amides is 1. The predicted octanol–water partition coefficient (Wildman–Crippen LogP) is 0.572. The Bertz CT molecular complexity index is 220. The number of piperidine rings is 1. The van der Waals surface area contributed by atoms with Crippen molar-refractivity contribution in [1.82, 2.24) is 10.2 Å². The molecule has 16 heavy (non-hydrogen) atoms. The van der Waals surface area contributed by atoms with Crippen molar-refractivity contribution >= 4 is 5.91 Å². The Morgan fingerprint density at radius 3 is 2.81 bits per heavy atom. The highest BCUT2D eigenvalue weighted by atomic mass is 16.1. The molecule has 1 amide bonds. The number of nitrogens with zero attached hydrogens (tertiary/aromatic N) is 1. The summed E-state index contributed by atoms with van der Waals surface area (Å²) < 4.78 is 0. The van der Waals surface area contributed by atoms with Crippen molar-refractivity contribution in [2.24, 2.45) is 11.7 Å². The van der Waals surface area contributed by atoms with Gasteiger partial charge in [-0.2, -0.15) is 0 Å². The van der Waals surface area contributed by atoms with E-state index in [1.165, 1.54) is 12.8 Å². The number of likely N-dealkylation sites (tertiary alicyclic amines) is 1. The van der Waals surface area contributed by atoms with E-state index >= 15 is 0 Å². The number of hydrogen-bond donors (Lipinski definition) is 2. The van der Waals surface area contributed by atoms with Crippen LogP contribution in [0, 0.1) is 5.92 Å². The fourth-order valence-corrected chi connectivity index (χ4v) is 2.52. The summed E-state index contributed by atoms with van der Waals surface area (Å²) in [5.41, 5.74) is 5.17. The molecule has 1 heterocycles. The van der Waals surface area contributed by atoms with Crippen LogP contribution in [0.2, 0.25) is 0 Å². The summed E-state index contributed by atoms with van der Waals surface area (Å²) in [5.74, 6) is 0.517. The third-order valence-corrected chi connectivity index (χ3v) is 3.48. The lowest BCUT2D eigenvalue weighted by Gasteiger charge is -2.38. The van der Waals surface area contributed by atoms with Crippen molar-refractivity contribution in [2.75, 3.05) is 26.2 Å². The predicted molar refractivity (Wildman–Crippen MR) is 66.1 cm³/mol. The van der Waals surface area contributed by atoms with Crippen LogP contribution in [0.1, 0.15) is 33.1 Å². The number of nitrogens with one attached hydrogen (secondary N) is 1. The molecule has 0 aliphatic carbocycles. The number of rotatable bonds is 6. The summed E-state index contributed by atoms with van der Waals surface area (Å²) in [6, 6.07) is 0.653. The van der Waals surface area contributed by atoms with Crippen LogP contribution in [0.3, 0.4) is 0 Å². The van der Waals surface area contributed by atoms with Gasteiger partial charge in [-0.1, -0.05) is 20.3 Å². The number of amides is 1. The monoisotopic (exact) mass is 227 g/mol. The van der Waals surface area contributed by atoms with Gasteiger partial charge in [0.15, 0.2) is 0 Å². The van der Waals surface area contributed by atoms with Crippen molar-refractivity contribution in [3.8, 4) is 0 Å². The maximum Gasteiger partial charge on any atom is 0.218 e. The first-order valence-electron chi connectivity index (χ1n) is 6.41. The van der Waals surface area contributed by atoms with Gasteiger partial charge in [-0.25, -0.2) is 0 Å². The zero-order valence-corrected chi connectivity index (χ0v) is 10.5. The van der Waals surface area contributed by atoms with Gasteiger partial charge in [-0.05, 0) is 25.4 Å². The van der Waals surface area contributed by atoms with E-state index in [-0.39, 0.29) is 5.91 Å². The van der Waals surface area contributed by atoms with E-state index in [0.717, 1.165) is 26.2 Å². The van der Waals surface area contributed by atoms with Crippen molar-refractivity contribution in [3.05, 3.63) is 0 Å². The topological polar surface area (TPSA) is 58.4 Å². The molecule has 1 saturated heterocycles. The molecule has 1 fully saturated rings. The first kappa shape index (κ1) is 13.5. The van der Waals surface area contributed by atoms with E-state index in [9.17, 15) is 4.79 Å². The first-order chi connectivity index (χ1) is 7.67. The Kier molecular flexibility index (Phi) is 5.77. The van der Waals surface area contributed by atoms with Gasteiger partial charge in [-0.3, -0.25) is 4.79 Å². The summed E-state index contributed by atoms with van der Waals surface area (Å²) in [7, 11) is 0. The van der Waals surface area contributed by atoms with Gasteiger partial charge in [0.1, 0.15) is 0 Å². The molecule has 0 aromatic carbocycles. The van der Waals surface area contributed by atoms with Gasteiger partial charge >= 0.3 is 0 Å². The Morgan fingerprint density at radius 1 is 1.50 bits per heavy atom. The first-order valence-corrected chi connectivity index (χ1v) is 6.41. The molecule has 2 atom stereocenters. The zero-order chi connectivity index (χ0) is 12.0. The molecule has 4 nitrogen and oxygen atoms in total. The van der Waals surface area contributed by atoms with Crippen LogP contribution in [0.4, 0.5) is 0 Å². The summed E-state index contributed by atoms with van der Waals surface area (Å²) >= 11 is 0. The van der Waals surface area contributed by atoms with Crippen molar-refractivity contribution in [1.29, 1.82) is 0 Å². The molecule has 0 bridgehead atoms. The minimum absolute atomic E-state index is 0.193. The van der Waals surface area contributed by atoms with Crippen LogP contribution in [0.15, 0.2) is 0 Å². The molecule has 1 aliphatic rings. The summed E-state index contributed by atoms with van der Waals surface area (Å²) in [6.07, 6.45) is 2.87. The minimum atomic E-state index is -0.193. The van der Waals surface area contributed by atoms with Gasteiger partial charge in [0, 0.05) is 25.6 Å². The number of nitrogens with two attached hydrogens (primary N) is 1. The summed E-state index contributed by atoms with van der Waals surface area (Å²) in [6.45, 7) is 8.45. The smallest absolute Gasteiger partial charge is 0.218 e. The second-order valence-corrected chi connectivity index (χ2v) is 4.64. The molecule has 2 unspecified atom stereocenters. The molecule has 0 saturated carbocycles. The van der Waals surface area contributed by atoms with Gasteiger partial charge in [-0.15, -0.1) is 0 Å². The Balaban J connectivity index is 2.36. The van der Waals surface area contributed by atoms with Crippen LogP contribution in [0.25, 0.3) is 0 Å². The quantitative estimate of drug-likeness (QED) is 0.697. The van der Waals surface area contributed by atoms with Crippen molar-refractivity contribution in [2.45, 2.75) is 39.2 Å². The van der Waals surface area contributed by atoms with Crippen molar-refractivity contribution < 1.29 is 4.79 Å². The SMILES string of the molecule is CCNC1CCN(CCC(N)=O)CC1CC. The normalized spacial score (nSPS) is 26.9. The maximum atomic E-state index is 10.7. The van der Waals surface area contributed by atoms with Crippen LogP contribution in [-0.2, 0) is 4.79 Å². The minimum Gasteiger partial charge on any atom is -0.370 e. The fraction of sp³-hybridized carbons (Fsp3) is 0.917. The third-order valence-electron chi connectivity index (χ3n) is 3.48. The highest BCUT2D eigenvalue weighted by Gasteiger charge is 2.26. The average molecular weight is 227 g/mol. The molecule has 1 aliphatic heterocycles. The van der Waals surface area contributed by atoms with E-state index in [0.29, 0.717) is 18.4 Å². The fourth-order valence-electron chi connectivity index (χ4n) is 2.52. The molecule has 0 radical (unpaired) electrons. The molecule has 4 heteroatoms. The van der Waals surface area contributed by atoms with Gasteiger partial charge in [0.25, 0.3) is 0 Å². The lowest BCUT2D eigenvalue weighted by molar-refractivity contribution is -0.118. The van der Waals surface area contributed by atoms with Crippen LogP contribution < -0.4 is 11.1 Å². The highest BCUT2D eigenvalue weighted by Crippen LogP contribution is 2.20. The second-order valence-electron chi connectivity index (χ2n) is 4.64. The van der Waals surface area contributed by atoms with E-state index in [1.54, 1.807) is 0 Å². The largest absolute Gasteiger partial charge is 0.370 e. The van der Waals surface area contributed by atoms with E-state index in [1.807, 2.05) is 0 Å². The van der Waals surface area contributed by atoms with Crippen molar-refractivity contribution in [3.63, 3.8) is 0 Å². The van der Waals surface area contributed by atoms with Gasteiger partial charge in [0.2, 0.25) is 5.91 Å². The standard InChI is InChI=1S/C12H25N3O/c1-3-10-9-15(8-6-12(13)16)7-5-11(10)14-4-2/h10-11,14H,3-9H2,1-2H3,(H2,13,16). The maximum absolute atomic E-state index is 10.7. The Labute approximate surface area is 98.6 Å². The van der Waals surface area contributed by atoms with Gasteiger partial charge < -0.3 is 16.0 Å². The Morgan fingerprint density at radius 2 is 2.25 bits per heavy atom. The lowest BCUT2D eigenvalue weighted by atomic mass is 9.90.